The van der Waals surface area contributed by atoms with Crippen LogP contribution in [0, 0.1) is 13.8 Å². The molecule has 0 aromatic carbocycles. The molecule has 4 heteroatoms. The van der Waals surface area contributed by atoms with Gasteiger partial charge in [0.05, 0.1) is 16.8 Å². The van der Waals surface area contributed by atoms with Crippen molar-refractivity contribution in [3.05, 3.63) is 15.6 Å². The zero-order chi connectivity index (χ0) is 13.7. The average Bonchev–Trinajstić information content (AvgIpc) is 2.74. The maximum atomic E-state index is 5.81. The van der Waals surface area contributed by atoms with E-state index in [1.165, 1.54) is 47.7 Å². The highest BCUT2D eigenvalue weighted by molar-refractivity contribution is 7.11. The van der Waals surface area contributed by atoms with E-state index in [1.807, 2.05) is 11.3 Å². The van der Waals surface area contributed by atoms with Crippen molar-refractivity contribution in [1.82, 2.24) is 10.3 Å². The molecule has 1 aliphatic rings. The molecule has 0 amide bonds. The Balaban J connectivity index is 1.79. The molecule has 1 N–H and O–H groups in total. The number of thiazole rings is 1. The number of ether oxygens (including phenoxy) is 1. The summed E-state index contributed by atoms with van der Waals surface area (Å²) in [6.45, 7) is 5.21. The second kappa shape index (κ2) is 7.36. The zero-order valence-corrected chi connectivity index (χ0v) is 13.2. The summed E-state index contributed by atoms with van der Waals surface area (Å²) in [4.78, 5) is 5.99. The average molecular weight is 282 g/mol. The molecule has 1 aromatic rings. The van der Waals surface area contributed by atoms with Gasteiger partial charge in [0.1, 0.15) is 0 Å². The van der Waals surface area contributed by atoms with Crippen LogP contribution in [0.3, 0.4) is 0 Å². The van der Waals surface area contributed by atoms with Crippen LogP contribution in [-0.4, -0.2) is 30.8 Å². The summed E-state index contributed by atoms with van der Waals surface area (Å²) in [6, 6.07) is 0.524. The zero-order valence-electron chi connectivity index (χ0n) is 12.4. The molecule has 2 unspecified atom stereocenters. The van der Waals surface area contributed by atoms with E-state index in [9.17, 15) is 0 Å². The van der Waals surface area contributed by atoms with Crippen LogP contribution in [0.15, 0.2) is 0 Å². The number of nitrogens with zero attached hydrogens (tertiary/aromatic N) is 1. The highest BCUT2D eigenvalue weighted by Crippen LogP contribution is 2.21. The monoisotopic (exact) mass is 282 g/mol. The van der Waals surface area contributed by atoms with E-state index in [2.05, 4.69) is 31.2 Å². The van der Waals surface area contributed by atoms with E-state index in [1.54, 1.807) is 0 Å². The molecule has 3 nitrogen and oxygen atoms in total. The fraction of sp³-hybridized carbons (Fsp3) is 0.800. The van der Waals surface area contributed by atoms with E-state index < -0.39 is 0 Å². The molecule has 1 fully saturated rings. The first-order valence-electron chi connectivity index (χ1n) is 7.41. The number of hydrogen-bond donors (Lipinski definition) is 1. The molecule has 2 heterocycles. The molecule has 0 aliphatic carbocycles. The van der Waals surface area contributed by atoms with E-state index >= 15 is 0 Å². The Labute approximate surface area is 120 Å². The van der Waals surface area contributed by atoms with Crippen LogP contribution >= 0.6 is 11.3 Å². The molecule has 0 radical (unpaired) electrons. The van der Waals surface area contributed by atoms with Gasteiger partial charge in [0.25, 0.3) is 0 Å². The minimum Gasteiger partial charge on any atom is -0.378 e. The van der Waals surface area contributed by atoms with Gasteiger partial charge in [-0.25, -0.2) is 4.98 Å². The van der Waals surface area contributed by atoms with Crippen molar-refractivity contribution in [2.45, 2.75) is 64.5 Å². The first-order valence-corrected chi connectivity index (χ1v) is 8.22. The maximum Gasteiger partial charge on any atom is 0.0946 e. The summed E-state index contributed by atoms with van der Waals surface area (Å²) < 4.78 is 5.81. The molecule has 1 aromatic heterocycles. The van der Waals surface area contributed by atoms with Gasteiger partial charge in [-0.1, -0.05) is 0 Å². The van der Waals surface area contributed by atoms with Gasteiger partial charge in [-0.3, -0.25) is 0 Å². The first-order chi connectivity index (χ1) is 9.19. The van der Waals surface area contributed by atoms with E-state index in [4.69, 9.17) is 4.74 Å². The normalized spacial score (nSPS) is 21.5. The molecule has 108 valence electrons. The number of likely N-dealkylation sites (N-methyl/N-ethyl adjacent to an activating group) is 1. The third-order valence-corrected chi connectivity index (χ3v) is 5.11. The molecule has 1 aliphatic heterocycles. The van der Waals surface area contributed by atoms with E-state index in [-0.39, 0.29) is 0 Å². The van der Waals surface area contributed by atoms with Gasteiger partial charge in [-0.15, -0.1) is 11.3 Å². The highest BCUT2D eigenvalue weighted by Gasteiger charge is 2.17. The Kier molecular flexibility index (Phi) is 5.79. The number of nitrogens with one attached hydrogen (secondary N) is 1. The summed E-state index contributed by atoms with van der Waals surface area (Å²) in [5.74, 6) is 0. The highest BCUT2D eigenvalue weighted by atomic mass is 32.1. The second-order valence-electron chi connectivity index (χ2n) is 5.50. The van der Waals surface area contributed by atoms with Crippen molar-refractivity contribution in [2.24, 2.45) is 0 Å². The predicted octanol–water partition coefficient (Wildman–Crippen LogP) is 3.24. The number of rotatable bonds is 6. The fourth-order valence-corrected chi connectivity index (χ4v) is 3.62. The van der Waals surface area contributed by atoms with Gasteiger partial charge in [-0.2, -0.15) is 0 Å². The number of aromatic nitrogens is 1. The van der Waals surface area contributed by atoms with Crippen molar-refractivity contribution in [1.29, 1.82) is 0 Å². The first kappa shape index (κ1) is 14.9. The molecule has 2 rings (SSSR count). The Bertz CT molecular complexity index is 366. The Morgan fingerprint density at radius 3 is 2.84 bits per heavy atom. The SMILES string of the molecule is CNC(CCC1CCCCO1)Cc1nc(C)c(C)s1. The van der Waals surface area contributed by atoms with Gasteiger partial charge >= 0.3 is 0 Å². The number of aryl methyl sites for hydroxylation is 2. The Morgan fingerprint density at radius 2 is 2.26 bits per heavy atom. The number of hydrogen-bond acceptors (Lipinski definition) is 4. The lowest BCUT2D eigenvalue weighted by atomic mass is 10.0. The van der Waals surface area contributed by atoms with Crippen molar-refractivity contribution in [3.63, 3.8) is 0 Å². The largest absolute Gasteiger partial charge is 0.378 e. The van der Waals surface area contributed by atoms with Crippen molar-refractivity contribution < 1.29 is 4.74 Å². The standard InChI is InChI=1S/C15H26N2OS/c1-11-12(2)19-15(17-11)10-13(16-3)7-8-14-6-4-5-9-18-14/h13-14,16H,4-10H2,1-3H3. The van der Waals surface area contributed by atoms with Crippen molar-refractivity contribution >= 4 is 11.3 Å². The van der Waals surface area contributed by atoms with Gasteiger partial charge < -0.3 is 10.1 Å². The fourth-order valence-electron chi connectivity index (χ4n) is 2.61. The summed E-state index contributed by atoms with van der Waals surface area (Å²) in [5.41, 5.74) is 1.19. The molecule has 2 atom stereocenters. The Morgan fingerprint density at radius 1 is 1.42 bits per heavy atom. The van der Waals surface area contributed by atoms with Crippen LogP contribution in [0.5, 0.6) is 0 Å². The molecule has 0 bridgehead atoms. The van der Waals surface area contributed by atoms with Crippen molar-refractivity contribution in [2.75, 3.05) is 13.7 Å². The summed E-state index contributed by atoms with van der Waals surface area (Å²) in [5, 5.41) is 4.69. The topological polar surface area (TPSA) is 34.1 Å². The third-order valence-electron chi connectivity index (χ3n) is 4.01. The maximum absolute atomic E-state index is 5.81. The summed E-state index contributed by atoms with van der Waals surface area (Å²) >= 11 is 1.84. The van der Waals surface area contributed by atoms with Gasteiger partial charge in [0.2, 0.25) is 0 Å². The van der Waals surface area contributed by atoms with Crippen LogP contribution in [0.4, 0.5) is 0 Å². The molecular formula is C15H26N2OS. The van der Waals surface area contributed by atoms with Gasteiger partial charge in [0.15, 0.2) is 0 Å². The quantitative estimate of drug-likeness (QED) is 0.870. The third kappa shape index (κ3) is 4.55. The van der Waals surface area contributed by atoms with Crippen LogP contribution < -0.4 is 5.32 Å². The van der Waals surface area contributed by atoms with Gasteiger partial charge in [0, 0.05) is 23.9 Å². The smallest absolute Gasteiger partial charge is 0.0946 e. The van der Waals surface area contributed by atoms with Crippen LogP contribution in [0.25, 0.3) is 0 Å². The molecule has 0 spiro atoms. The molecule has 1 saturated heterocycles. The molecule has 0 saturated carbocycles. The Hall–Kier alpha value is -0.450. The van der Waals surface area contributed by atoms with Crippen LogP contribution in [0.2, 0.25) is 0 Å². The van der Waals surface area contributed by atoms with Crippen molar-refractivity contribution in [3.8, 4) is 0 Å². The van der Waals surface area contributed by atoms with Gasteiger partial charge in [-0.05, 0) is 53.0 Å². The lowest BCUT2D eigenvalue weighted by Gasteiger charge is -2.24. The lowest BCUT2D eigenvalue weighted by molar-refractivity contribution is 0.00870. The van der Waals surface area contributed by atoms with E-state index in [0.717, 1.165) is 13.0 Å². The van der Waals surface area contributed by atoms with Crippen LogP contribution in [0.1, 0.15) is 47.7 Å². The van der Waals surface area contributed by atoms with Crippen LogP contribution in [-0.2, 0) is 11.2 Å². The molecule has 19 heavy (non-hydrogen) atoms. The molecular weight excluding hydrogens is 256 g/mol. The minimum atomic E-state index is 0.490. The summed E-state index contributed by atoms with van der Waals surface area (Å²) in [7, 11) is 2.06. The summed E-state index contributed by atoms with van der Waals surface area (Å²) in [6.07, 6.45) is 7.70. The lowest BCUT2D eigenvalue weighted by Crippen LogP contribution is -2.30. The minimum absolute atomic E-state index is 0.490. The van der Waals surface area contributed by atoms with E-state index in [0.29, 0.717) is 12.1 Å². The second-order valence-corrected chi connectivity index (χ2v) is 6.79. The predicted molar refractivity (Wildman–Crippen MR) is 81.0 cm³/mol.